The molecule has 1 amide bonds. The van der Waals surface area contributed by atoms with Crippen LogP contribution in [0.5, 0.6) is 0 Å². The number of anilines is 2. The molecule has 33 heavy (non-hydrogen) atoms. The smallest absolute Gasteiger partial charge is 0.261 e. The Labute approximate surface area is 195 Å². The Kier molecular flexibility index (Phi) is 7.38. The Morgan fingerprint density at radius 3 is 2.42 bits per heavy atom. The van der Waals surface area contributed by atoms with Gasteiger partial charge in [0.2, 0.25) is 5.91 Å². The number of halogens is 1. The number of benzene rings is 1. The second-order valence-electron chi connectivity index (χ2n) is 7.88. The summed E-state index contributed by atoms with van der Waals surface area (Å²) in [6.07, 6.45) is 2.61. The van der Waals surface area contributed by atoms with Crippen molar-refractivity contribution >= 4 is 39.3 Å². The topological polar surface area (TPSA) is 158 Å². The molecule has 176 valence electrons. The second kappa shape index (κ2) is 9.87. The maximum Gasteiger partial charge on any atom is 0.261 e. The van der Waals surface area contributed by atoms with Gasteiger partial charge in [-0.2, -0.15) is 8.42 Å². The third-order valence-corrected chi connectivity index (χ3v) is 5.04. The molecule has 1 aliphatic heterocycles. The lowest BCUT2D eigenvalue weighted by molar-refractivity contribution is -0.115. The van der Waals surface area contributed by atoms with Crippen LogP contribution in [-0.4, -0.2) is 48.5 Å². The fourth-order valence-electron chi connectivity index (χ4n) is 2.96. The van der Waals surface area contributed by atoms with Crippen LogP contribution in [0.2, 0.25) is 5.02 Å². The summed E-state index contributed by atoms with van der Waals surface area (Å²) in [4.78, 5) is 16.4. The van der Waals surface area contributed by atoms with Crippen LogP contribution in [0.15, 0.2) is 47.1 Å². The summed E-state index contributed by atoms with van der Waals surface area (Å²) >= 11 is 6.02. The van der Waals surface area contributed by atoms with Gasteiger partial charge < -0.3 is 20.3 Å². The lowest BCUT2D eigenvalue weighted by atomic mass is 9.86. The molecule has 0 saturated carbocycles. The average Bonchev–Trinajstić information content (AvgIpc) is 3.16. The molecular weight excluding hydrogens is 472 g/mol. The van der Waals surface area contributed by atoms with Crippen LogP contribution < -0.4 is 11.1 Å². The molecule has 0 bridgehead atoms. The van der Waals surface area contributed by atoms with Crippen molar-refractivity contribution in [3.8, 4) is 11.1 Å². The summed E-state index contributed by atoms with van der Waals surface area (Å²) < 4.78 is 36.4. The van der Waals surface area contributed by atoms with E-state index in [0.717, 1.165) is 16.7 Å². The van der Waals surface area contributed by atoms with Crippen molar-refractivity contribution in [2.75, 3.05) is 30.5 Å². The molecule has 0 atom stereocenters. The number of nitrogen functional groups attached to an aromatic ring is 1. The molecule has 3 aromatic rings. The van der Waals surface area contributed by atoms with Crippen molar-refractivity contribution in [2.45, 2.75) is 18.8 Å². The molecule has 4 N–H and O–H groups in total. The zero-order valence-corrected chi connectivity index (χ0v) is 19.5. The third kappa shape index (κ3) is 6.99. The molecule has 2 aromatic heterocycles. The predicted octanol–water partition coefficient (Wildman–Crippen LogP) is 2.95. The first-order valence-electron chi connectivity index (χ1n) is 9.70. The normalized spacial score (nSPS) is 14.5. The Morgan fingerprint density at radius 2 is 1.88 bits per heavy atom. The first kappa shape index (κ1) is 24.6. The Morgan fingerprint density at radius 1 is 1.24 bits per heavy atom. The summed E-state index contributed by atoms with van der Waals surface area (Å²) in [5, 5.41) is 7.10. The van der Waals surface area contributed by atoms with E-state index >= 15 is 0 Å². The quantitative estimate of drug-likeness (QED) is 0.453. The number of nitrogens with one attached hydrogen (secondary N) is 1. The molecule has 1 fully saturated rings. The van der Waals surface area contributed by atoms with Crippen LogP contribution in [0.3, 0.4) is 0 Å². The van der Waals surface area contributed by atoms with E-state index in [1.54, 1.807) is 18.3 Å². The van der Waals surface area contributed by atoms with Crippen LogP contribution in [0.25, 0.3) is 11.1 Å². The van der Waals surface area contributed by atoms with E-state index in [4.69, 9.17) is 31.1 Å². The van der Waals surface area contributed by atoms with Gasteiger partial charge in [-0.1, -0.05) is 41.0 Å². The highest BCUT2D eigenvalue weighted by molar-refractivity contribution is 7.85. The number of carbonyl (C=O) groups excluding carboxylic acids is 1. The molecule has 0 unspecified atom stereocenters. The van der Waals surface area contributed by atoms with E-state index in [0.29, 0.717) is 41.9 Å². The first-order chi connectivity index (χ1) is 15.4. The summed E-state index contributed by atoms with van der Waals surface area (Å²) in [5.41, 5.74) is 8.15. The van der Waals surface area contributed by atoms with Gasteiger partial charge in [0.15, 0.2) is 5.82 Å². The second-order valence-corrected chi connectivity index (χ2v) is 9.75. The van der Waals surface area contributed by atoms with E-state index in [2.05, 4.69) is 15.5 Å². The lowest BCUT2D eigenvalue weighted by Gasteiger charge is -2.35. The molecule has 1 aromatic carbocycles. The summed E-state index contributed by atoms with van der Waals surface area (Å²) in [7, 11) is -3.67. The minimum absolute atomic E-state index is 0.161. The van der Waals surface area contributed by atoms with Crippen LogP contribution in [0, 0.1) is 0 Å². The largest absolute Gasteiger partial charge is 0.382 e. The van der Waals surface area contributed by atoms with Crippen molar-refractivity contribution in [1.82, 2.24) is 10.1 Å². The molecule has 1 aliphatic rings. The Hall–Kier alpha value is -2.99. The summed E-state index contributed by atoms with van der Waals surface area (Å²) in [5.74, 6) is 1.26. The SMILES string of the molecule is CC1(c2cc(NC(=O)Cc3ccc(-c4cnc(N)c(Cl)c4)cc3)no2)COC1.CS(=O)(=O)O. The average molecular weight is 495 g/mol. The molecule has 1 saturated heterocycles. The zero-order valence-electron chi connectivity index (χ0n) is 17.9. The van der Waals surface area contributed by atoms with Crippen molar-refractivity contribution in [3.63, 3.8) is 0 Å². The fraction of sp³-hybridized carbons (Fsp3) is 0.286. The number of nitrogens with two attached hydrogens (primary N) is 1. The number of rotatable bonds is 5. The van der Waals surface area contributed by atoms with Gasteiger partial charge in [0.1, 0.15) is 11.6 Å². The number of ether oxygens (including phenoxy) is 1. The van der Waals surface area contributed by atoms with Gasteiger partial charge in [0, 0.05) is 17.8 Å². The minimum atomic E-state index is -3.67. The molecule has 0 spiro atoms. The number of nitrogens with zero attached hydrogens (tertiary/aromatic N) is 2. The molecular formula is C21H23ClN4O6S. The van der Waals surface area contributed by atoms with Gasteiger partial charge >= 0.3 is 0 Å². The van der Waals surface area contributed by atoms with Gasteiger partial charge in [0.25, 0.3) is 10.1 Å². The monoisotopic (exact) mass is 494 g/mol. The van der Waals surface area contributed by atoms with E-state index in [1.807, 2.05) is 31.2 Å². The van der Waals surface area contributed by atoms with Gasteiger partial charge in [-0.05, 0) is 24.1 Å². The van der Waals surface area contributed by atoms with E-state index < -0.39 is 10.1 Å². The Bertz CT molecular complexity index is 1230. The highest BCUT2D eigenvalue weighted by Crippen LogP contribution is 2.33. The minimum Gasteiger partial charge on any atom is -0.382 e. The molecule has 0 radical (unpaired) electrons. The summed E-state index contributed by atoms with van der Waals surface area (Å²) in [6.45, 7) is 3.22. The van der Waals surface area contributed by atoms with E-state index in [9.17, 15) is 13.2 Å². The van der Waals surface area contributed by atoms with Crippen molar-refractivity contribution in [2.24, 2.45) is 0 Å². The van der Waals surface area contributed by atoms with Crippen LogP contribution in [0.1, 0.15) is 18.2 Å². The van der Waals surface area contributed by atoms with Crippen molar-refractivity contribution < 1.29 is 27.0 Å². The first-order valence-corrected chi connectivity index (χ1v) is 11.9. The molecule has 10 nitrogen and oxygen atoms in total. The number of hydrogen-bond acceptors (Lipinski definition) is 8. The van der Waals surface area contributed by atoms with E-state index in [1.165, 1.54) is 0 Å². The lowest BCUT2D eigenvalue weighted by Crippen LogP contribution is -2.43. The fourth-order valence-corrected chi connectivity index (χ4v) is 3.13. The standard InChI is InChI=1S/C20H19ClN4O3.CH4O3S/c1-20(10-27-11-20)16-8-17(25-28-16)24-18(26)6-12-2-4-13(5-3-12)14-7-15(21)19(22)23-9-14;1-5(2,3)4/h2-5,7-9H,6,10-11H2,1H3,(H2,22,23)(H,24,25,26);1H3,(H,2,3,4). The van der Waals surface area contributed by atoms with Crippen molar-refractivity contribution in [3.05, 3.63) is 58.9 Å². The van der Waals surface area contributed by atoms with Crippen molar-refractivity contribution in [1.29, 1.82) is 0 Å². The predicted molar refractivity (Wildman–Crippen MR) is 124 cm³/mol. The molecule has 0 aliphatic carbocycles. The number of pyridine rings is 1. The molecule has 4 rings (SSSR count). The maximum atomic E-state index is 12.3. The summed E-state index contributed by atoms with van der Waals surface area (Å²) in [6, 6.07) is 11.1. The molecule has 12 heteroatoms. The van der Waals surface area contributed by atoms with Crippen LogP contribution in [0.4, 0.5) is 11.6 Å². The van der Waals surface area contributed by atoms with Gasteiger partial charge in [0.05, 0.1) is 36.3 Å². The number of carbonyl (C=O) groups is 1. The highest BCUT2D eigenvalue weighted by atomic mass is 35.5. The number of amides is 1. The number of hydrogen-bond donors (Lipinski definition) is 3. The van der Waals surface area contributed by atoms with E-state index in [-0.39, 0.29) is 17.7 Å². The van der Waals surface area contributed by atoms with Gasteiger partial charge in [-0.15, -0.1) is 0 Å². The molecule has 3 heterocycles. The number of aromatic nitrogens is 2. The zero-order chi connectivity index (χ0) is 24.2. The van der Waals surface area contributed by atoms with Gasteiger partial charge in [-0.3, -0.25) is 9.35 Å². The Balaban J connectivity index is 0.000000555. The van der Waals surface area contributed by atoms with Crippen LogP contribution in [-0.2, 0) is 31.5 Å². The highest BCUT2D eigenvalue weighted by Gasteiger charge is 2.39. The maximum absolute atomic E-state index is 12.3. The van der Waals surface area contributed by atoms with Gasteiger partial charge in [-0.25, -0.2) is 4.98 Å². The third-order valence-electron chi connectivity index (χ3n) is 4.74. The van der Waals surface area contributed by atoms with Crippen LogP contribution >= 0.6 is 11.6 Å².